The fourth-order valence-corrected chi connectivity index (χ4v) is 3.75. The monoisotopic (exact) mass is 526 g/mol. The highest BCUT2D eigenvalue weighted by molar-refractivity contribution is 5.90. The molecule has 0 unspecified atom stereocenters. The number of hydrogen-bond acceptors (Lipinski definition) is 6. The Morgan fingerprint density at radius 1 is 0.821 bits per heavy atom. The number of amides is 1. The lowest BCUT2D eigenvalue weighted by atomic mass is 10.1. The number of hydrogen-bond donors (Lipinski definition) is 0. The minimum atomic E-state index is -0.745. The van der Waals surface area contributed by atoms with E-state index in [9.17, 15) is 14.9 Å². The van der Waals surface area contributed by atoms with Crippen LogP contribution in [0.15, 0.2) is 97.1 Å². The van der Waals surface area contributed by atoms with Crippen molar-refractivity contribution in [3.05, 3.63) is 113 Å². The first-order valence-corrected chi connectivity index (χ1v) is 12.4. The van der Waals surface area contributed by atoms with Gasteiger partial charge in [0.2, 0.25) is 0 Å². The molecule has 0 aromatic heterocycles. The smallest absolute Gasteiger partial charge is 0.414 e. The molecule has 200 valence electrons. The summed E-state index contributed by atoms with van der Waals surface area (Å²) in [6, 6.07) is 29.6. The van der Waals surface area contributed by atoms with Crippen molar-refractivity contribution in [2.45, 2.75) is 33.0 Å². The summed E-state index contributed by atoms with van der Waals surface area (Å²) in [4.78, 5) is 24.7. The molecular weight excluding hydrogens is 496 g/mol. The number of carbonyl (C=O) groups is 1. The second kappa shape index (κ2) is 11.7. The molecule has 1 amide bonds. The summed E-state index contributed by atoms with van der Waals surface area (Å²) in [5, 5.41) is 11.6. The van der Waals surface area contributed by atoms with E-state index >= 15 is 0 Å². The fraction of sp³-hybridized carbons (Fsp3) is 0.194. The lowest BCUT2D eigenvalue weighted by molar-refractivity contribution is -0.384. The topological polar surface area (TPSA) is 91.1 Å². The van der Waals surface area contributed by atoms with E-state index < -0.39 is 16.6 Å². The van der Waals surface area contributed by atoms with Gasteiger partial charge in [0, 0.05) is 19.2 Å². The van der Waals surface area contributed by atoms with Gasteiger partial charge >= 0.3 is 6.09 Å². The Kier molecular flexibility index (Phi) is 8.15. The summed E-state index contributed by atoms with van der Waals surface area (Å²) in [5.41, 5.74) is 2.20. The standard InChI is InChI=1S/C31H30N2O6/c1-31(2,3)39-30(34)32(4)29-20-27(18-19-28(29)33(35)36)38-26-16-12-24(13-17-26)23-10-14-25(15-11-23)37-21-22-8-6-5-7-9-22/h5-20H,21H2,1-4H3. The SMILES string of the molecule is CN(C(=O)OC(C)(C)C)c1cc(Oc2ccc(-c3ccc(OCc4ccccc4)cc3)cc2)ccc1[N+](=O)[O-]. The van der Waals surface area contributed by atoms with E-state index in [0.29, 0.717) is 18.1 Å². The molecule has 0 aliphatic carbocycles. The van der Waals surface area contributed by atoms with Crippen molar-refractivity contribution in [3.8, 4) is 28.4 Å². The molecule has 4 rings (SSSR count). The van der Waals surface area contributed by atoms with Crippen molar-refractivity contribution in [1.82, 2.24) is 0 Å². The normalized spacial score (nSPS) is 11.0. The highest BCUT2D eigenvalue weighted by atomic mass is 16.6. The molecule has 8 nitrogen and oxygen atoms in total. The minimum absolute atomic E-state index is 0.0675. The van der Waals surface area contributed by atoms with Crippen LogP contribution in [0.3, 0.4) is 0 Å². The Balaban J connectivity index is 1.45. The van der Waals surface area contributed by atoms with Crippen LogP contribution in [0.5, 0.6) is 17.2 Å². The minimum Gasteiger partial charge on any atom is -0.489 e. The zero-order valence-electron chi connectivity index (χ0n) is 22.3. The summed E-state index contributed by atoms with van der Waals surface area (Å²) < 4.78 is 17.2. The number of benzene rings is 4. The van der Waals surface area contributed by atoms with E-state index in [1.54, 1.807) is 20.8 Å². The largest absolute Gasteiger partial charge is 0.489 e. The number of nitro benzene ring substituents is 1. The number of nitro groups is 1. The van der Waals surface area contributed by atoms with Gasteiger partial charge in [-0.15, -0.1) is 0 Å². The van der Waals surface area contributed by atoms with Crippen LogP contribution in [0, 0.1) is 10.1 Å². The molecule has 0 heterocycles. The Bertz CT molecular complexity index is 1430. The van der Waals surface area contributed by atoms with Crippen molar-refractivity contribution in [2.24, 2.45) is 0 Å². The van der Waals surface area contributed by atoms with Crippen LogP contribution in [0.2, 0.25) is 0 Å². The second-order valence-electron chi connectivity index (χ2n) is 9.87. The van der Waals surface area contributed by atoms with E-state index in [4.69, 9.17) is 14.2 Å². The number of anilines is 1. The average Bonchev–Trinajstić information content (AvgIpc) is 2.92. The highest BCUT2D eigenvalue weighted by Gasteiger charge is 2.26. The Labute approximate surface area is 227 Å². The number of ether oxygens (including phenoxy) is 3. The maximum Gasteiger partial charge on any atom is 0.414 e. The molecule has 0 aliphatic rings. The predicted octanol–water partition coefficient (Wildman–Crippen LogP) is 8.00. The average molecular weight is 527 g/mol. The molecule has 8 heteroatoms. The van der Waals surface area contributed by atoms with E-state index in [0.717, 1.165) is 27.3 Å². The molecular formula is C31H30N2O6. The first-order valence-electron chi connectivity index (χ1n) is 12.4. The van der Waals surface area contributed by atoms with Crippen LogP contribution in [0.1, 0.15) is 26.3 Å². The molecule has 0 radical (unpaired) electrons. The molecule has 0 saturated carbocycles. The maximum absolute atomic E-state index is 12.5. The van der Waals surface area contributed by atoms with Crippen LogP contribution >= 0.6 is 0 Å². The number of rotatable bonds is 8. The summed E-state index contributed by atoms with van der Waals surface area (Å²) in [7, 11) is 1.42. The maximum atomic E-state index is 12.5. The Morgan fingerprint density at radius 2 is 1.38 bits per heavy atom. The van der Waals surface area contributed by atoms with Gasteiger partial charge in [0.05, 0.1) is 4.92 Å². The Hall–Kier alpha value is -4.85. The highest BCUT2D eigenvalue weighted by Crippen LogP contribution is 2.35. The molecule has 4 aromatic carbocycles. The number of carbonyl (C=O) groups excluding carboxylic acids is 1. The third kappa shape index (κ3) is 7.35. The first-order chi connectivity index (χ1) is 18.6. The molecule has 0 N–H and O–H groups in total. The summed E-state index contributed by atoms with van der Waals surface area (Å²) in [6.07, 6.45) is -0.705. The van der Waals surface area contributed by atoms with Gasteiger partial charge in [0.15, 0.2) is 0 Å². The van der Waals surface area contributed by atoms with Crippen molar-refractivity contribution in [2.75, 3.05) is 11.9 Å². The Morgan fingerprint density at radius 3 is 1.95 bits per heavy atom. The molecule has 0 aliphatic heterocycles. The van der Waals surface area contributed by atoms with Gasteiger partial charge in [-0.25, -0.2) is 4.79 Å². The molecule has 0 bridgehead atoms. The van der Waals surface area contributed by atoms with Crippen LogP contribution in [-0.2, 0) is 11.3 Å². The van der Waals surface area contributed by atoms with Crippen LogP contribution in [0.4, 0.5) is 16.2 Å². The van der Waals surface area contributed by atoms with Gasteiger partial charge in [-0.05, 0) is 67.8 Å². The van der Waals surface area contributed by atoms with Crippen LogP contribution < -0.4 is 14.4 Å². The predicted molar refractivity (Wildman–Crippen MR) is 150 cm³/mol. The van der Waals surface area contributed by atoms with Gasteiger partial charge in [-0.3, -0.25) is 15.0 Å². The van der Waals surface area contributed by atoms with E-state index in [-0.39, 0.29) is 11.4 Å². The lowest BCUT2D eigenvalue weighted by Crippen LogP contribution is -2.34. The third-order valence-electron chi connectivity index (χ3n) is 5.70. The summed E-state index contributed by atoms with van der Waals surface area (Å²) in [6.45, 7) is 5.68. The van der Waals surface area contributed by atoms with E-state index in [2.05, 4.69) is 0 Å². The van der Waals surface area contributed by atoms with Gasteiger partial charge < -0.3 is 14.2 Å². The molecule has 0 fully saturated rings. The van der Waals surface area contributed by atoms with E-state index in [1.807, 2.05) is 78.9 Å². The second-order valence-corrected chi connectivity index (χ2v) is 9.87. The van der Waals surface area contributed by atoms with Crippen molar-refractivity contribution >= 4 is 17.5 Å². The first kappa shape index (κ1) is 27.2. The van der Waals surface area contributed by atoms with Crippen molar-refractivity contribution < 1.29 is 23.9 Å². The quantitative estimate of drug-likeness (QED) is 0.171. The zero-order chi connectivity index (χ0) is 28.0. The zero-order valence-corrected chi connectivity index (χ0v) is 22.3. The molecule has 4 aromatic rings. The van der Waals surface area contributed by atoms with Crippen LogP contribution in [-0.4, -0.2) is 23.7 Å². The van der Waals surface area contributed by atoms with Gasteiger partial charge in [0.25, 0.3) is 5.69 Å². The number of nitrogens with zero attached hydrogens (tertiary/aromatic N) is 2. The molecule has 0 saturated heterocycles. The van der Waals surface area contributed by atoms with Crippen molar-refractivity contribution in [1.29, 1.82) is 0 Å². The summed E-state index contributed by atoms with van der Waals surface area (Å²) in [5.74, 6) is 1.67. The van der Waals surface area contributed by atoms with Crippen molar-refractivity contribution in [3.63, 3.8) is 0 Å². The molecule has 0 atom stereocenters. The lowest BCUT2D eigenvalue weighted by Gasteiger charge is -2.24. The third-order valence-corrected chi connectivity index (χ3v) is 5.70. The van der Waals surface area contributed by atoms with Crippen LogP contribution in [0.25, 0.3) is 11.1 Å². The summed E-state index contributed by atoms with van der Waals surface area (Å²) >= 11 is 0. The van der Waals surface area contributed by atoms with Gasteiger partial charge in [-0.2, -0.15) is 0 Å². The molecule has 0 spiro atoms. The van der Waals surface area contributed by atoms with Gasteiger partial charge in [0.1, 0.15) is 35.1 Å². The molecule has 39 heavy (non-hydrogen) atoms. The fourth-order valence-electron chi connectivity index (χ4n) is 3.75. The van der Waals surface area contributed by atoms with E-state index in [1.165, 1.54) is 25.2 Å². The van der Waals surface area contributed by atoms with Gasteiger partial charge in [-0.1, -0.05) is 54.6 Å².